The molecule has 0 N–H and O–H groups in total. The summed E-state index contributed by atoms with van der Waals surface area (Å²) in [4.78, 5) is 5.02. The molecule has 4 aromatic rings. The average molecular weight is 503 g/mol. The van der Waals surface area contributed by atoms with Crippen LogP contribution in [-0.4, -0.2) is 12.1 Å². The smallest absolute Gasteiger partial charge is 0.0655 e. The van der Waals surface area contributed by atoms with Gasteiger partial charge in [-0.1, -0.05) is 97.1 Å². The molecule has 4 aromatic carbocycles. The quantitative estimate of drug-likeness (QED) is 0.276. The van der Waals surface area contributed by atoms with Crippen molar-refractivity contribution in [3.63, 3.8) is 0 Å². The van der Waals surface area contributed by atoms with Crippen LogP contribution in [0.25, 0.3) is 5.57 Å². The Balaban J connectivity index is 1.20. The van der Waals surface area contributed by atoms with Crippen molar-refractivity contribution in [1.29, 1.82) is 0 Å². The summed E-state index contributed by atoms with van der Waals surface area (Å²) in [7, 11) is 0. The van der Waals surface area contributed by atoms with E-state index in [4.69, 9.17) is 0 Å². The number of allylic oxidation sites excluding steroid dienone is 4. The largest absolute Gasteiger partial charge is 0.333 e. The van der Waals surface area contributed by atoms with Crippen molar-refractivity contribution in [2.75, 3.05) is 9.80 Å². The molecule has 3 unspecified atom stereocenters. The first-order chi connectivity index (χ1) is 19.2. The van der Waals surface area contributed by atoms with Gasteiger partial charge in [0.1, 0.15) is 0 Å². The molecular weight excluding hydrogens is 472 g/mol. The average Bonchev–Trinajstić information content (AvgIpc) is 3.47. The molecular formula is C37H30N2. The highest BCUT2D eigenvalue weighted by molar-refractivity contribution is 5.94. The van der Waals surface area contributed by atoms with E-state index in [1.807, 2.05) is 0 Å². The third-order valence-corrected chi connectivity index (χ3v) is 8.97. The van der Waals surface area contributed by atoms with Crippen molar-refractivity contribution < 1.29 is 0 Å². The summed E-state index contributed by atoms with van der Waals surface area (Å²) >= 11 is 0. The molecule has 0 aromatic heterocycles. The van der Waals surface area contributed by atoms with E-state index in [2.05, 4.69) is 156 Å². The van der Waals surface area contributed by atoms with Crippen LogP contribution >= 0.6 is 0 Å². The zero-order valence-electron chi connectivity index (χ0n) is 22.0. The molecule has 4 aliphatic rings. The van der Waals surface area contributed by atoms with Crippen LogP contribution in [0.2, 0.25) is 0 Å². The molecule has 0 bridgehead atoms. The normalized spacial score (nSPS) is 24.3. The second-order valence-corrected chi connectivity index (χ2v) is 11.1. The lowest BCUT2D eigenvalue weighted by molar-refractivity contribution is 0.547. The van der Waals surface area contributed by atoms with Gasteiger partial charge in [-0.25, -0.2) is 0 Å². The van der Waals surface area contributed by atoms with Gasteiger partial charge in [0.2, 0.25) is 0 Å². The lowest BCUT2D eigenvalue weighted by Gasteiger charge is -2.36. The van der Waals surface area contributed by atoms with E-state index in [0.717, 1.165) is 6.42 Å². The number of para-hydroxylation sites is 4. The molecule has 3 atom stereocenters. The van der Waals surface area contributed by atoms with Crippen LogP contribution < -0.4 is 9.80 Å². The van der Waals surface area contributed by atoms with Crippen molar-refractivity contribution in [1.82, 2.24) is 0 Å². The zero-order valence-corrected chi connectivity index (χ0v) is 22.0. The minimum Gasteiger partial charge on any atom is -0.333 e. The maximum absolute atomic E-state index is 2.53. The first kappa shape index (κ1) is 22.4. The van der Waals surface area contributed by atoms with Crippen LogP contribution in [0, 0.1) is 0 Å². The molecule has 0 saturated heterocycles. The summed E-state index contributed by atoms with van der Waals surface area (Å²) in [6.45, 7) is 2.41. The van der Waals surface area contributed by atoms with Gasteiger partial charge in [0, 0.05) is 33.7 Å². The standard InChI is InChI=1S/C37H30N2/c1-37-25-27(21-23-36(37)39(29-14-6-3-7-15-29)35-19-11-9-17-32(35)37)26-20-22-34-31(24-26)30-16-8-10-18-33(30)38(34)28-12-4-2-5-13-28/h2-21,23-25,34,36H,22H2,1H3. The van der Waals surface area contributed by atoms with Crippen molar-refractivity contribution in [2.45, 2.75) is 30.8 Å². The summed E-state index contributed by atoms with van der Waals surface area (Å²) in [5.41, 5.74) is 11.8. The fourth-order valence-electron chi connectivity index (χ4n) is 7.19. The van der Waals surface area contributed by atoms with Crippen LogP contribution in [0.3, 0.4) is 0 Å². The minimum absolute atomic E-state index is 0.115. The number of hydrogen-bond donors (Lipinski definition) is 0. The van der Waals surface area contributed by atoms with Crippen LogP contribution in [0.5, 0.6) is 0 Å². The lowest BCUT2D eigenvalue weighted by Crippen LogP contribution is -2.40. The number of benzene rings is 4. The summed E-state index contributed by atoms with van der Waals surface area (Å²) in [5.74, 6) is 0. The van der Waals surface area contributed by atoms with Gasteiger partial charge in [-0.3, -0.25) is 0 Å². The van der Waals surface area contributed by atoms with Crippen LogP contribution in [0.1, 0.15) is 24.5 Å². The fourth-order valence-corrected chi connectivity index (χ4v) is 7.19. The molecule has 8 rings (SSSR count). The number of hydrogen-bond acceptors (Lipinski definition) is 2. The van der Waals surface area contributed by atoms with Gasteiger partial charge >= 0.3 is 0 Å². The summed E-state index contributed by atoms with van der Waals surface area (Å²) in [6.07, 6.45) is 13.2. The molecule has 0 fully saturated rings. The van der Waals surface area contributed by atoms with E-state index in [-0.39, 0.29) is 11.5 Å². The highest BCUT2D eigenvalue weighted by Crippen LogP contribution is 2.53. The van der Waals surface area contributed by atoms with Crippen molar-refractivity contribution >= 4 is 28.3 Å². The second kappa shape index (κ2) is 8.47. The molecule has 188 valence electrons. The Morgan fingerprint density at radius 1 is 0.667 bits per heavy atom. The molecule has 0 amide bonds. The van der Waals surface area contributed by atoms with Crippen LogP contribution in [0.15, 0.2) is 151 Å². The molecule has 2 aliphatic heterocycles. The predicted molar refractivity (Wildman–Crippen MR) is 163 cm³/mol. The predicted octanol–water partition coefficient (Wildman–Crippen LogP) is 8.89. The summed E-state index contributed by atoms with van der Waals surface area (Å²) < 4.78 is 0. The molecule has 0 saturated carbocycles. The van der Waals surface area contributed by atoms with Gasteiger partial charge < -0.3 is 9.80 Å². The summed E-state index contributed by atoms with van der Waals surface area (Å²) in [6, 6.07) is 40.0. The van der Waals surface area contributed by atoms with Crippen LogP contribution in [-0.2, 0) is 5.41 Å². The van der Waals surface area contributed by atoms with Crippen LogP contribution in [0.4, 0.5) is 22.7 Å². The highest BCUT2D eigenvalue weighted by atomic mass is 15.2. The van der Waals surface area contributed by atoms with Crippen molar-refractivity contribution in [2.24, 2.45) is 0 Å². The molecule has 0 spiro atoms. The number of rotatable bonds is 3. The minimum atomic E-state index is -0.115. The van der Waals surface area contributed by atoms with E-state index in [1.54, 1.807) is 0 Å². The Morgan fingerprint density at radius 2 is 1.31 bits per heavy atom. The Hall–Kier alpha value is -4.56. The summed E-state index contributed by atoms with van der Waals surface area (Å²) in [5, 5.41) is 0. The molecule has 2 heterocycles. The number of nitrogens with zero attached hydrogens (tertiary/aromatic N) is 2. The molecule has 2 aliphatic carbocycles. The first-order valence-electron chi connectivity index (χ1n) is 13.9. The van der Waals surface area contributed by atoms with Gasteiger partial charge in [0.15, 0.2) is 0 Å². The molecule has 0 radical (unpaired) electrons. The third kappa shape index (κ3) is 3.28. The number of fused-ring (bicyclic) bond motifs is 6. The SMILES string of the molecule is CC12C=C(C3=CCC4C(=C3)c3ccccc3N4c3ccccc3)C=CC1N(c1ccccc1)c1ccccc12. The lowest BCUT2D eigenvalue weighted by atomic mass is 9.73. The van der Waals surface area contributed by atoms with Crippen molar-refractivity contribution in [3.8, 4) is 0 Å². The molecule has 39 heavy (non-hydrogen) atoms. The Morgan fingerprint density at radius 3 is 2.08 bits per heavy atom. The van der Waals surface area contributed by atoms with Gasteiger partial charge in [0.25, 0.3) is 0 Å². The van der Waals surface area contributed by atoms with E-state index < -0.39 is 0 Å². The van der Waals surface area contributed by atoms with E-state index in [1.165, 1.54) is 50.6 Å². The van der Waals surface area contributed by atoms with E-state index in [9.17, 15) is 0 Å². The van der Waals surface area contributed by atoms with Crippen molar-refractivity contribution in [3.05, 3.63) is 162 Å². The van der Waals surface area contributed by atoms with Gasteiger partial charge in [-0.15, -0.1) is 0 Å². The molecule has 2 nitrogen and oxygen atoms in total. The van der Waals surface area contributed by atoms with E-state index >= 15 is 0 Å². The Kier molecular flexibility index (Phi) is 4.87. The Bertz CT molecular complexity index is 1710. The van der Waals surface area contributed by atoms with Gasteiger partial charge in [-0.05, 0) is 78.1 Å². The molecule has 2 heteroatoms. The topological polar surface area (TPSA) is 6.48 Å². The maximum Gasteiger partial charge on any atom is 0.0655 e. The van der Waals surface area contributed by atoms with Gasteiger partial charge in [0.05, 0.1) is 12.1 Å². The van der Waals surface area contributed by atoms with E-state index in [0.29, 0.717) is 6.04 Å². The van der Waals surface area contributed by atoms with Gasteiger partial charge in [-0.2, -0.15) is 0 Å². The second-order valence-electron chi connectivity index (χ2n) is 11.1. The zero-order chi connectivity index (χ0) is 26.0. The fraction of sp³-hybridized carbons (Fsp3) is 0.135. The Labute approximate surface area is 230 Å². The first-order valence-corrected chi connectivity index (χ1v) is 13.9. The highest BCUT2D eigenvalue weighted by Gasteiger charge is 2.47. The third-order valence-electron chi connectivity index (χ3n) is 8.97. The maximum atomic E-state index is 2.53. The monoisotopic (exact) mass is 502 g/mol. The number of anilines is 4.